The van der Waals surface area contributed by atoms with E-state index in [4.69, 9.17) is 10.5 Å². The predicted molar refractivity (Wildman–Crippen MR) is 69.6 cm³/mol. The fourth-order valence-electron chi connectivity index (χ4n) is 1.44. The number of halogens is 3. The Hall–Kier alpha value is -2.58. The molecule has 0 aliphatic rings. The van der Waals surface area contributed by atoms with Gasteiger partial charge in [-0.25, -0.2) is 13.2 Å². The third-order valence-corrected chi connectivity index (χ3v) is 2.31. The van der Waals surface area contributed by atoms with Crippen molar-refractivity contribution < 1.29 is 17.9 Å². The van der Waals surface area contributed by atoms with Gasteiger partial charge in [0.2, 0.25) is 11.9 Å². The van der Waals surface area contributed by atoms with Crippen molar-refractivity contribution in [2.24, 2.45) is 0 Å². The van der Waals surface area contributed by atoms with Crippen molar-refractivity contribution in [2.75, 3.05) is 17.7 Å². The maximum absolute atomic E-state index is 13.1. The van der Waals surface area contributed by atoms with E-state index in [0.29, 0.717) is 6.61 Å². The molecular formula is C12H12F3N5O. The summed E-state index contributed by atoms with van der Waals surface area (Å²) in [4.78, 5) is 11.4. The summed E-state index contributed by atoms with van der Waals surface area (Å²) in [7, 11) is 0. The smallest absolute Gasteiger partial charge is 0.323 e. The van der Waals surface area contributed by atoms with Crippen LogP contribution in [0, 0.1) is 17.5 Å². The third kappa shape index (κ3) is 3.71. The summed E-state index contributed by atoms with van der Waals surface area (Å²) in [5, 5.41) is 2.50. The van der Waals surface area contributed by atoms with Gasteiger partial charge in [-0.05, 0) is 6.42 Å². The first-order valence-electron chi connectivity index (χ1n) is 6.05. The molecule has 0 fully saturated rings. The Morgan fingerprint density at radius 2 is 1.81 bits per heavy atom. The van der Waals surface area contributed by atoms with Crippen LogP contribution in [0.5, 0.6) is 6.01 Å². The highest BCUT2D eigenvalue weighted by atomic mass is 19.2. The van der Waals surface area contributed by atoms with Gasteiger partial charge in [-0.1, -0.05) is 6.92 Å². The van der Waals surface area contributed by atoms with Gasteiger partial charge in [0, 0.05) is 17.8 Å². The molecular weight excluding hydrogens is 287 g/mol. The summed E-state index contributed by atoms with van der Waals surface area (Å²) < 4.78 is 44.3. The molecule has 0 spiro atoms. The van der Waals surface area contributed by atoms with E-state index < -0.39 is 17.5 Å². The van der Waals surface area contributed by atoms with Gasteiger partial charge in [0.1, 0.15) is 0 Å². The summed E-state index contributed by atoms with van der Waals surface area (Å²) in [5.74, 6) is -4.41. The van der Waals surface area contributed by atoms with E-state index >= 15 is 0 Å². The normalized spacial score (nSPS) is 10.5. The highest BCUT2D eigenvalue weighted by Crippen LogP contribution is 2.20. The predicted octanol–water partition coefficient (Wildman–Crippen LogP) is 2.40. The van der Waals surface area contributed by atoms with Crippen LogP contribution in [0.2, 0.25) is 0 Å². The van der Waals surface area contributed by atoms with Crippen LogP contribution in [-0.4, -0.2) is 21.6 Å². The van der Waals surface area contributed by atoms with E-state index in [0.717, 1.165) is 18.6 Å². The summed E-state index contributed by atoms with van der Waals surface area (Å²) in [6, 6.07) is 1.52. The zero-order valence-electron chi connectivity index (χ0n) is 11.0. The van der Waals surface area contributed by atoms with Gasteiger partial charge < -0.3 is 15.8 Å². The van der Waals surface area contributed by atoms with Crippen LogP contribution in [0.4, 0.5) is 30.8 Å². The number of aromatic nitrogens is 3. The largest absolute Gasteiger partial charge is 0.463 e. The summed E-state index contributed by atoms with van der Waals surface area (Å²) in [5.41, 5.74) is 5.41. The summed E-state index contributed by atoms with van der Waals surface area (Å²) in [6.07, 6.45) is 0.739. The molecule has 112 valence electrons. The number of nitrogens with one attached hydrogen (secondary N) is 1. The Balaban J connectivity index is 2.24. The molecule has 0 amide bonds. The summed E-state index contributed by atoms with van der Waals surface area (Å²) >= 11 is 0. The summed E-state index contributed by atoms with van der Waals surface area (Å²) in [6.45, 7) is 2.27. The van der Waals surface area contributed by atoms with Crippen LogP contribution < -0.4 is 15.8 Å². The fraction of sp³-hybridized carbons (Fsp3) is 0.250. The highest BCUT2D eigenvalue weighted by molar-refractivity contribution is 5.54. The van der Waals surface area contributed by atoms with Gasteiger partial charge in [-0.15, -0.1) is 0 Å². The Bertz CT molecular complexity index is 630. The van der Waals surface area contributed by atoms with Crippen molar-refractivity contribution in [1.82, 2.24) is 15.0 Å². The topological polar surface area (TPSA) is 86.0 Å². The second-order valence-electron chi connectivity index (χ2n) is 4.03. The molecule has 3 N–H and O–H groups in total. The Morgan fingerprint density at radius 3 is 2.43 bits per heavy atom. The quantitative estimate of drug-likeness (QED) is 0.825. The minimum atomic E-state index is -1.55. The molecule has 0 bridgehead atoms. The van der Waals surface area contributed by atoms with E-state index in [2.05, 4.69) is 20.3 Å². The number of ether oxygens (including phenoxy) is 1. The van der Waals surface area contributed by atoms with Crippen LogP contribution in [0.3, 0.4) is 0 Å². The van der Waals surface area contributed by atoms with Crippen molar-refractivity contribution in [2.45, 2.75) is 13.3 Å². The van der Waals surface area contributed by atoms with Crippen molar-refractivity contribution >= 4 is 17.6 Å². The van der Waals surface area contributed by atoms with Gasteiger partial charge in [-0.3, -0.25) is 0 Å². The fourth-order valence-corrected chi connectivity index (χ4v) is 1.44. The molecule has 1 heterocycles. The van der Waals surface area contributed by atoms with E-state index in [1.54, 1.807) is 0 Å². The second-order valence-corrected chi connectivity index (χ2v) is 4.03. The number of nitrogens with two attached hydrogens (primary N) is 1. The van der Waals surface area contributed by atoms with Crippen molar-refractivity contribution in [3.63, 3.8) is 0 Å². The monoisotopic (exact) mass is 299 g/mol. The number of benzene rings is 1. The Labute approximate surface area is 118 Å². The molecule has 2 rings (SSSR count). The first-order valence-corrected chi connectivity index (χ1v) is 6.05. The van der Waals surface area contributed by atoms with Crippen molar-refractivity contribution in [3.05, 3.63) is 29.6 Å². The number of rotatable bonds is 5. The van der Waals surface area contributed by atoms with Crippen LogP contribution in [0.1, 0.15) is 13.3 Å². The van der Waals surface area contributed by atoms with E-state index in [1.807, 2.05) is 6.92 Å². The molecule has 0 saturated carbocycles. The molecule has 21 heavy (non-hydrogen) atoms. The van der Waals surface area contributed by atoms with Gasteiger partial charge in [0.25, 0.3) is 0 Å². The average molecular weight is 299 g/mol. The lowest BCUT2D eigenvalue weighted by atomic mass is 10.3. The van der Waals surface area contributed by atoms with Gasteiger partial charge >= 0.3 is 6.01 Å². The van der Waals surface area contributed by atoms with Gasteiger partial charge in [0.15, 0.2) is 17.5 Å². The number of hydrogen-bond donors (Lipinski definition) is 2. The highest BCUT2D eigenvalue weighted by Gasteiger charge is 2.12. The molecule has 0 unspecified atom stereocenters. The molecule has 1 aromatic carbocycles. The van der Waals surface area contributed by atoms with Crippen molar-refractivity contribution in [1.29, 1.82) is 0 Å². The lowest BCUT2D eigenvalue weighted by Crippen LogP contribution is -2.08. The molecule has 0 aliphatic carbocycles. The second kappa shape index (κ2) is 6.25. The average Bonchev–Trinajstić information content (AvgIpc) is 2.42. The molecule has 1 aromatic heterocycles. The number of anilines is 3. The lowest BCUT2D eigenvalue weighted by Gasteiger charge is -2.08. The first-order chi connectivity index (χ1) is 9.99. The zero-order chi connectivity index (χ0) is 15.4. The SMILES string of the molecule is CCCOc1nc(N)nc(Nc2cc(F)c(F)c(F)c2)n1. The zero-order valence-corrected chi connectivity index (χ0v) is 11.0. The number of nitrogen functional groups attached to an aromatic ring is 1. The van der Waals surface area contributed by atoms with Crippen molar-refractivity contribution in [3.8, 4) is 6.01 Å². The van der Waals surface area contributed by atoms with Crippen LogP contribution in [0.15, 0.2) is 12.1 Å². The minimum absolute atomic E-state index is 0.0186. The van der Waals surface area contributed by atoms with Crippen LogP contribution >= 0.6 is 0 Å². The molecule has 0 aliphatic heterocycles. The number of nitrogens with zero attached hydrogens (tertiary/aromatic N) is 3. The van der Waals surface area contributed by atoms with E-state index in [9.17, 15) is 13.2 Å². The Morgan fingerprint density at radius 1 is 1.14 bits per heavy atom. The van der Waals surface area contributed by atoms with Crippen LogP contribution in [0.25, 0.3) is 0 Å². The molecule has 9 heteroatoms. The molecule has 2 aromatic rings. The standard InChI is InChI=1S/C12H12F3N5O/c1-2-3-21-12-19-10(16)18-11(20-12)17-6-4-7(13)9(15)8(14)5-6/h4-5H,2-3H2,1H3,(H3,16,17,18,19,20). The first kappa shape index (κ1) is 14.8. The molecule has 6 nitrogen and oxygen atoms in total. The van der Waals surface area contributed by atoms with E-state index in [1.165, 1.54) is 0 Å². The van der Waals surface area contributed by atoms with E-state index in [-0.39, 0.29) is 23.6 Å². The maximum atomic E-state index is 13.1. The molecule has 0 radical (unpaired) electrons. The van der Waals surface area contributed by atoms with Crippen LogP contribution in [-0.2, 0) is 0 Å². The minimum Gasteiger partial charge on any atom is -0.463 e. The lowest BCUT2D eigenvalue weighted by molar-refractivity contribution is 0.292. The molecule has 0 atom stereocenters. The maximum Gasteiger partial charge on any atom is 0.323 e. The molecule has 0 saturated heterocycles. The Kier molecular flexibility index (Phi) is 4.41. The van der Waals surface area contributed by atoms with Gasteiger partial charge in [-0.2, -0.15) is 15.0 Å². The third-order valence-electron chi connectivity index (χ3n) is 2.31. The van der Waals surface area contributed by atoms with Gasteiger partial charge in [0.05, 0.1) is 6.61 Å². The number of hydrogen-bond acceptors (Lipinski definition) is 6.